The third-order valence-corrected chi connectivity index (χ3v) is 7.41. The zero-order chi connectivity index (χ0) is 20.6. The highest BCUT2D eigenvalue weighted by atomic mass is 35.5. The Hall–Kier alpha value is -2.42. The molecule has 29 heavy (non-hydrogen) atoms. The van der Waals surface area contributed by atoms with Crippen LogP contribution < -0.4 is 10.3 Å². The Morgan fingerprint density at radius 2 is 1.79 bits per heavy atom. The van der Waals surface area contributed by atoms with Crippen LogP contribution in [-0.4, -0.2) is 42.5 Å². The first kappa shape index (κ1) is 19.9. The average molecular weight is 434 g/mol. The average Bonchev–Trinajstić information content (AvgIpc) is 2.74. The number of piperidine rings is 1. The third-order valence-electron chi connectivity index (χ3n) is 5.26. The second kappa shape index (κ2) is 7.78. The Kier molecular flexibility index (Phi) is 5.33. The molecule has 0 amide bonds. The van der Waals surface area contributed by atoms with Crippen LogP contribution in [0.5, 0.6) is 5.75 Å². The van der Waals surface area contributed by atoms with E-state index < -0.39 is 10.0 Å². The van der Waals surface area contributed by atoms with E-state index >= 15 is 0 Å². The predicted octanol–water partition coefficient (Wildman–Crippen LogP) is 3.08. The molecule has 4 rings (SSSR count). The first-order chi connectivity index (χ1) is 13.9. The topological polar surface area (TPSA) is 81.5 Å². The number of rotatable bonds is 4. The lowest BCUT2D eigenvalue weighted by atomic mass is 10.1. The molecule has 152 valence electrons. The lowest BCUT2D eigenvalue weighted by Crippen LogP contribution is -2.40. The zero-order valence-electron chi connectivity index (χ0n) is 15.8. The Morgan fingerprint density at radius 3 is 2.45 bits per heavy atom. The van der Waals surface area contributed by atoms with E-state index in [2.05, 4.69) is 4.98 Å². The minimum absolute atomic E-state index is 0.0996. The maximum atomic E-state index is 12.9. The summed E-state index contributed by atoms with van der Waals surface area (Å²) in [6.07, 6.45) is 2.60. The second-order valence-corrected chi connectivity index (χ2v) is 9.30. The summed E-state index contributed by atoms with van der Waals surface area (Å²) in [5, 5.41) is 1.03. The molecule has 1 aromatic heterocycles. The molecule has 1 saturated heterocycles. The van der Waals surface area contributed by atoms with Gasteiger partial charge in [0.25, 0.3) is 5.56 Å². The number of hydrogen-bond acceptors (Lipinski definition) is 5. The van der Waals surface area contributed by atoms with Crippen molar-refractivity contribution in [2.24, 2.45) is 0 Å². The molecule has 0 unspecified atom stereocenters. The number of aromatic nitrogens is 2. The molecule has 0 bridgehead atoms. The van der Waals surface area contributed by atoms with Crippen LogP contribution in [0.25, 0.3) is 10.9 Å². The lowest BCUT2D eigenvalue weighted by molar-refractivity contribution is 0.269. The molecule has 0 spiro atoms. The smallest absolute Gasteiger partial charge is 0.261 e. The normalized spacial score (nSPS) is 16.2. The standard InChI is InChI=1S/C20H20ClN3O4S/c1-28-16-3-5-17(6-4-16)29(26,27)23-10-8-15(9-11-23)24-13-22-19-12-14(21)2-7-18(19)20(24)25/h2-7,12-13,15H,8-11H2,1H3. The van der Waals surface area contributed by atoms with Crippen molar-refractivity contribution in [3.8, 4) is 5.75 Å². The second-order valence-electron chi connectivity index (χ2n) is 6.93. The highest BCUT2D eigenvalue weighted by Gasteiger charge is 2.30. The van der Waals surface area contributed by atoms with Gasteiger partial charge < -0.3 is 4.74 Å². The van der Waals surface area contributed by atoms with Crippen molar-refractivity contribution in [1.82, 2.24) is 13.9 Å². The molecule has 2 heterocycles. The highest BCUT2D eigenvalue weighted by molar-refractivity contribution is 7.89. The van der Waals surface area contributed by atoms with Gasteiger partial charge in [0.15, 0.2) is 0 Å². The van der Waals surface area contributed by atoms with E-state index in [1.165, 1.54) is 17.7 Å². The summed E-state index contributed by atoms with van der Waals surface area (Å²) in [4.78, 5) is 17.4. The van der Waals surface area contributed by atoms with Gasteiger partial charge in [0.1, 0.15) is 5.75 Å². The van der Waals surface area contributed by atoms with Crippen molar-refractivity contribution in [2.75, 3.05) is 20.2 Å². The summed E-state index contributed by atoms with van der Waals surface area (Å²) in [7, 11) is -2.05. The van der Waals surface area contributed by atoms with Crippen molar-refractivity contribution in [2.45, 2.75) is 23.8 Å². The molecule has 0 atom stereocenters. The van der Waals surface area contributed by atoms with Gasteiger partial charge in [-0.2, -0.15) is 4.31 Å². The number of hydrogen-bond donors (Lipinski definition) is 0. The lowest BCUT2D eigenvalue weighted by Gasteiger charge is -2.32. The molecule has 0 aliphatic carbocycles. The predicted molar refractivity (Wildman–Crippen MR) is 111 cm³/mol. The molecule has 7 nitrogen and oxygen atoms in total. The van der Waals surface area contributed by atoms with E-state index in [4.69, 9.17) is 16.3 Å². The van der Waals surface area contributed by atoms with Crippen LogP contribution in [0.3, 0.4) is 0 Å². The fourth-order valence-corrected chi connectivity index (χ4v) is 5.26. The van der Waals surface area contributed by atoms with Crippen molar-refractivity contribution in [3.63, 3.8) is 0 Å². The summed E-state index contributed by atoms with van der Waals surface area (Å²) in [5.74, 6) is 0.604. The van der Waals surface area contributed by atoms with Gasteiger partial charge in [-0.15, -0.1) is 0 Å². The molecular weight excluding hydrogens is 414 g/mol. The van der Waals surface area contributed by atoms with Gasteiger partial charge >= 0.3 is 0 Å². The van der Waals surface area contributed by atoms with Crippen molar-refractivity contribution in [1.29, 1.82) is 0 Å². The largest absolute Gasteiger partial charge is 0.497 e. The third kappa shape index (κ3) is 3.75. The number of sulfonamides is 1. The number of halogens is 1. The van der Waals surface area contributed by atoms with Crippen LogP contribution in [0, 0.1) is 0 Å². The van der Waals surface area contributed by atoms with E-state index in [1.807, 2.05) is 0 Å². The van der Waals surface area contributed by atoms with Gasteiger partial charge in [-0.25, -0.2) is 13.4 Å². The molecule has 1 aliphatic rings. The molecule has 3 aromatic rings. The first-order valence-corrected chi connectivity index (χ1v) is 11.0. The van der Waals surface area contributed by atoms with Gasteiger partial charge in [-0.05, 0) is 55.3 Å². The Morgan fingerprint density at radius 1 is 1.10 bits per heavy atom. The Labute approximate surface area is 173 Å². The van der Waals surface area contributed by atoms with E-state index in [0.717, 1.165) is 0 Å². The van der Waals surface area contributed by atoms with Gasteiger partial charge in [0.05, 0.1) is 29.2 Å². The van der Waals surface area contributed by atoms with E-state index in [0.29, 0.717) is 47.6 Å². The van der Waals surface area contributed by atoms with Gasteiger partial charge in [0, 0.05) is 24.2 Å². The van der Waals surface area contributed by atoms with E-state index in [9.17, 15) is 13.2 Å². The quantitative estimate of drug-likeness (QED) is 0.631. The minimum Gasteiger partial charge on any atom is -0.497 e. The maximum Gasteiger partial charge on any atom is 0.261 e. The summed E-state index contributed by atoms with van der Waals surface area (Å²) in [6, 6.07) is 11.3. The van der Waals surface area contributed by atoms with Crippen LogP contribution in [0.15, 0.2) is 58.5 Å². The van der Waals surface area contributed by atoms with E-state index in [-0.39, 0.29) is 16.5 Å². The molecule has 0 N–H and O–H groups in total. The van der Waals surface area contributed by atoms with Crippen molar-refractivity contribution >= 4 is 32.5 Å². The SMILES string of the molecule is COc1ccc(S(=O)(=O)N2CCC(n3cnc4cc(Cl)ccc4c3=O)CC2)cc1. The minimum atomic E-state index is -3.58. The number of methoxy groups -OCH3 is 1. The molecule has 1 aliphatic heterocycles. The molecule has 2 aromatic carbocycles. The fraction of sp³-hybridized carbons (Fsp3) is 0.300. The molecule has 9 heteroatoms. The summed E-state index contributed by atoms with van der Waals surface area (Å²) < 4.78 is 33.9. The van der Waals surface area contributed by atoms with Crippen LogP contribution >= 0.6 is 11.6 Å². The summed E-state index contributed by atoms with van der Waals surface area (Å²) >= 11 is 5.97. The van der Waals surface area contributed by atoms with E-state index in [1.54, 1.807) is 47.0 Å². The van der Waals surface area contributed by atoms with Crippen LogP contribution in [-0.2, 0) is 10.0 Å². The fourth-order valence-electron chi connectivity index (χ4n) is 3.63. The first-order valence-electron chi connectivity index (χ1n) is 9.21. The number of ether oxygens (including phenoxy) is 1. The number of fused-ring (bicyclic) bond motifs is 1. The summed E-state index contributed by atoms with van der Waals surface area (Å²) in [5.41, 5.74) is 0.418. The van der Waals surface area contributed by atoms with Crippen molar-refractivity contribution in [3.05, 3.63) is 64.2 Å². The molecule has 1 fully saturated rings. The summed E-state index contributed by atoms with van der Waals surface area (Å²) in [6.45, 7) is 0.675. The van der Waals surface area contributed by atoms with Crippen molar-refractivity contribution < 1.29 is 13.2 Å². The Bertz CT molecular complexity index is 1200. The number of benzene rings is 2. The zero-order valence-corrected chi connectivity index (χ0v) is 17.4. The van der Waals surface area contributed by atoms with Crippen LogP contribution in [0.1, 0.15) is 18.9 Å². The monoisotopic (exact) mass is 433 g/mol. The molecule has 0 radical (unpaired) electrons. The van der Waals surface area contributed by atoms with Crippen LogP contribution in [0.4, 0.5) is 0 Å². The highest BCUT2D eigenvalue weighted by Crippen LogP contribution is 2.27. The molecule has 0 saturated carbocycles. The molecular formula is C20H20ClN3O4S. The van der Waals surface area contributed by atoms with Crippen LogP contribution in [0.2, 0.25) is 5.02 Å². The van der Waals surface area contributed by atoms with Gasteiger partial charge in [-0.1, -0.05) is 11.6 Å². The Balaban J connectivity index is 1.53. The van der Waals surface area contributed by atoms with Gasteiger partial charge in [-0.3, -0.25) is 9.36 Å². The van der Waals surface area contributed by atoms with Gasteiger partial charge in [0.2, 0.25) is 10.0 Å². The maximum absolute atomic E-state index is 12.9. The number of nitrogens with zero attached hydrogens (tertiary/aromatic N) is 3.